The van der Waals surface area contributed by atoms with Crippen LogP contribution in [0.5, 0.6) is 5.75 Å². The molecule has 2 aromatic rings. The molecular formula is C20H23ClF3N3O2. The highest BCUT2D eigenvalue weighted by Gasteiger charge is 2.28. The van der Waals surface area contributed by atoms with E-state index in [2.05, 4.69) is 29.0 Å². The van der Waals surface area contributed by atoms with E-state index in [1.165, 1.54) is 18.2 Å². The molecule has 0 atom stereocenters. The molecule has 1 N–H and O–H groups in total. The standard InChI is InChI=1S/C20H23ClF3N3O2/c1-13(2)11-27-19(21)17(14(3)26-27)8-9-18(28)25-10-15-4-6-16(7-5-15)29-12-20(22,23)24/h4-9,13H,10-12H2,1-3H3,(H,25,28)/b9-8+. The first-order valence-corrected chi connectivity index (χ1v) is 9.40. The van der Waals surface area contributed by atoms with E-state index in [1.807, 2.05) is 6.92 Å². The first-order valence-electron chi connectivity index (χ1n) is 9.02. The zero-order chi connectivity index (χ0) is 21.6. The topological polar surface area (TPSA) is 56.2 Å². The minimum absolute atomic E-state index is 0.112. The van der Waals surface area contributed by atoms with Gasteiger partial charge in [-0.2, -0.15) is 18.3 Å². The molecule has 0 aliphatic carbocycles. The van der Waals surface area contributed by atoms with Crippen LogP contribution < -0.4 is 10.1 Å². The molecule has 0 fully saturated rings. The van der Waals surface area contributed by atoms with Crippen LogP contribution in [0.2, 0.25) is 5.15 Å². The molecule has 9 heteroatoms. The number of amides is 1. The maximum atomic E-state index is 12.1. The Morgan fingerprint density at radius 2 is 1.97 bits per heavy atom. The van der Waals surface area contributed by atoms with E-state index in [0.717, 1.165) is 11.3 Å². The van der Waals surface area contributed by atoms with Crippen molar-refractivity contribution in [1.29, 1.82) is 0 Å². The molecule has 0 radical (unpaired) electrons. The van der Waals surface area contributed by atoms with Crippen molar-refractivity contribution in [3.63, 3.8) is 0 Å². The Hall–Kier alpha value is -2.48. The molecule has 0 spiro atoms. The van der Waals surface area contributed by atoms with Gasteiger partial charge in [-0.15, -0.1) is 0 Å². The number of benzene rings is 1. The van der Waals surface area contributed by atoms with Crippen LogP contribution >= 0.6 is 11.6 Å². The molecule has 29 heavy (non-hydrogen) atoms. The normalized spacial score (nSPS) is 12.0. The number of alkyl halides is 3. The van der Waals surface area contributed by atoms with Crippen LogP contribution in [0, 0.1) is 12.8 Å². The summed E-state index contributed by atoms with van der Waals surface area (Å²) in [5, 5.41) is 7.57. The average molecular weight is 430 g/mol. The van der Waals surface area contributed by atoms with Crippen molar-refractivity contribution < 1.29 is 22.7 Å². The first-order chi connectivity index (χ1) is 13.5. The number of hydrogen-bond donors (Lipinski definition) is 1. The molecule has 0 aliphatic heterocycles. The Kier molecular flexibility index (Phi) is 7.73. The molecule has 0 unspecified atom stereocenters. The monoisotopic (exact) mass is 429 g/mol. The van der Waals surface area contributed by atoms with E-state index in [9.17, 15) is 18.0 Å². The highest BCUT2D eigenvalue weighted by Crippen LogP contribution is 2.22. The van der Waals surface area contributed by atoms with Crippen LogP contribution in [0.15, 0.2) is 30.3 Å². The van der Waals surface area contributed by atoms with Gasteiger partial charge in [-0.1, -0.05) is 37.6 Å². The lowest BCUT2D eigenvalue weighted by molar-refractivity contribution is -0.153. The summed E-state index contributed by atoms with van der Waals surface area (Å²) in [6, 6.07) is 6.03. The predicted octanol–water partition coefficient (Wildman–Crippen LogP) is 4.77. The van der Waals surface area contributed by atoms with Crippen LogP contribution in [0.25, 0.3) is 6.08 Å². The number of carbonyl (C=O) groups excluding carboxylic acids is 1. The zero-order valence-electron chi connectivity index (χ0n) is 16.4. The van der Waals surface area contributed by atoms with Crippen molar-refractivity contribution in [3.8, 4) is 5.75 Å². The third-order valence-electron chi connectivity index (χ3n) is 3.84. The number of hydrogen-bond acceptors (Lipinski definition) is 3. The fourth-order valence-electron chi connectivity index (χ4n) is 2.50. The Bertz CT molecular complexity index is 859. The number of rotatable bonds is 8. The van der Waals surface area contributed by atoms with E-state index in [-0.39, 0.29) is 18.2 Å². The molecule has 0 saturated carbocycles. The molecule has 1 aromatic heterocycles. The number of nitrogens with zero attached hydrogens (tertiary/aromatic N) is 2. The van der Waals surface area contributed by atoms with Crippen molar-refractivity contribution in [2.75, 3.05) is 6.61 Å². The van der Waals surface area contributed by atoms with E-state index in [4.69, 9.17) is 11.6 Å². The zero-order valence-corrected chi connectivity index (χ0v) is 17.1. The van der Waals surface area contributed by atoms with Crippen molar-refractivity contribution >= 4 is 23.6 Å². The van der Waals surface area contributed by atoms with Gasteiger partial charge in [0.15, 0.2) is 6.61 Å². The number of aryl methyl sites for hydroxylation is 1. The minimum Gasteiger partial charge on any atom is -0.484 e. The van der Waals surface area contributed by atoms with Gasteiger partial charge in [0.1, 0.15) is 10.9 Å². The molecular weight excluding hydrogens is 407 g/mol. The second-order valence-corrected chi connectivity index (χ2v) is 7.32. The molecule has 158 valence electrons. The summed E-state index contributed by atoms with van der Waals surface area (Å²) in [5.74, 6) is 0.174. The maximum Gasteiger partial charge on any atom is 0.422 e. The molecule has 2 rings (SSSR count). The summed E-state index contributed by atoms with van der Waals surface area (Å²) in [6.07, 6.45) is -1.40. The van der Waals surface area contributed by atoms with Gasteiger partial charge in [-0.3, -0.25) is 9.48 Å². The number of nitrogens with one attached hydrogen (secondary N) is 1. The van der Waals surface area contributed by atoms with Crippen LogP contribution in [0.1, 0.15) is 30.7 Å². The van der Waals surface area contributed by atoms with Crippen molar-refractivity contribution in [1.82, 2.24) is 15.1 Å². The number of ether oxygens (including phenoxy) is 1. The molecule has 0 saturated heterocycles. The lowest BCUT2D eigenvalue weighted by Crippen LogP contribution is -2.20. The van der Waals surface area contributed by atoms with Crippen LogP contribution in [0.3, 0.4) is 0 Å². The second-order valence-electron chi connectivity index (χ2n) is 6.96. The van der Waals surface area contributed by atoms with E-state index >= 15 is 0 Å². The molecule has 0 aliphatic rings. The van der Waals surface area contributed by atoms with Gasteiger partial charge in [-0.05, 0) is 36.6 Å². The minimum atomic E-state index is -4.38. The summed E-state index contributed by atoms with van der Waals surface area (Å²) >= 11 is 6.33. The molecule has 1 aromatic carbocycles. The Balaban J connectivity index is 1.89. The van der Waals surface area contributed by atoms with Crippen LogP contribution in [-0.2, 0) is 17.9 Å². The Labute approximate surface area is 172 Å². The van der Waals surface area contributed by atoms with Crippen LogP contribution in [0.4, 0.5) is 13.2 Å². The predicted molar refractivity (Wildman–Crippen MR) is 106 cm³/mol. The first kappa shape index (κ1) is 22.8. The summed E-state index contributed by atoms with van der Waals surface area (Å²) in [4.78, 5) is 12.1. The third kappa shape index (κ3) is 7.45. The molecule has 5 nitrogen and oxygen atoms in total. The van der Waals surface area contributed by atoms with Crippen molar-refractivity contribution in [2.45, 2.75) is 40.0 Å². The SMILES string of the molecule is Cc1nn(CC(C)C)c(Cl)c1/C=C/C(=O)NCc1ccc(OCC(F)(F)F)cc1. The quantitative estimate of drug-likeness (QED) is 0.615. The Morgan fingerprint density at radius 1 is 1.31 bits per heavy atom. The molecule has 1 amide bonds. The molecule has 0 bridgehead atoms. The highest BCUT2D eigenvalue weighted by atomic mass is 35.5. The van der Waals surface area contributed by atoms with Crippen LogP contribution in [-0.4, -0.2) is 28.5 Å². The van der Waals surface area contributed by atoms with Gasteiger partial charge in [0.05, 0.1) is 5.69 Å². The average Bonchev–Trinajstić information content (AvgIpc) is 2.89. The Morgan fingerprint density at radius 3 is 2.55 bits per heavy atom. The number of aromatic nitrogens is 2. The fourth-order valence-corrected chi connectivity index (χ4v) is 2.81. The summed E-state index contributed by atoms with van der Waals surface area (Å²) in [7, 11) is 0. The highest BCUT2D eigenvalue weighted by molar-refractivity contribution is 6.31. The second kappa shape index (κ2) is 9.82. The summed E-state index contributed by atoms with van der Waals surface area (Å²) in [5.41, 5.74) is 2.15. The summed E-state index contributed by atoms with van der Waals surface area (Å²) in [6.45, 7) is 5.51. The largest absolute Gasteiger partial charge is 0.484 e. The van der Waals surface area contributed by atoms with E-state index in [0.29, 0.717) is 23.2 Å². The van der Waals surface area contributed by atoms with Crippen molar-refractivity contribution in [2.24, 2.45) is 5.92 Å². The third-order valence-corrected chi connectivity index (χ3v) is 4.24. The smallest absolute Gasteiger partial charge is 0.422 e. The molecule has 1 heterocycles. The maximum absolute atomic E-state index is 12.1. The van der Waals surface area contributed by atoms with Gasteiger partial charge in [0.25, 0.3) is 0 Å². The van der Waals surface area contributed by atoms with Gasteiger partial charge >= 0.3 is 6.18 Å². The number of carbonyl (C=O) groups is 1. The summed E-state index contributed by atoms with van der Waals surface area (Å²) < 4.78 is 42.8. The lowest BCUT2D eigenvalue weighted by Gasteiger charge is -2.09. The van der Waals surface area contributed by atoms with E-state index < -0.39 is 12.8 Å². The lowest BCUT2D eigenvalue weighted by atomic mass is 10.2. The fraction of sp³-hybridized carbons (Fsp3) is 0.400. The van der Waals surface area contributed by atoms with Gasteiger partial charge < -0.3 is 10.1 Å². The van der Waals surface area contributed by atoms with Gasteiger partial charge in [0.2, 0.25) is 5.91 Å². The number of halogens is 4. The van der Waals surface area contributed by atoms with Gasteiger partial charge in [-0.25, -0.2) is 0 Å². The van der Waals surface area contributed by atoms with Crippen molar-refractivity contribution in [3.05, 3.63) is 52.3 Å². The van der Waals surface area contributed by atoms with E-state index in [1.54, 1.807) is 22.9 Å². The van der Waals surface area contributed by atoms with Gasteiger partial charge in [0, 0.05) is 24.7 Å².